The second-order valence-corrected chi connectivity index (χ2v) is 11.0. The number of rotatable bonds is 12. The monoisotopic (exact) mass is 546 g/mol. The Hall–Kier alpha value is -3.36. The molecule has 3 heterocycles. The van der Waals surface area contributed by atoms with E-state index in [1.807, 2.05) is 35.6 Å². The summed E-state index contributed by atoms with van der Waals surface area (Å²) in [6.45, 7) is 8.66. The zero-order valence-corrected chi connectivity index (χ0v) is 23.5. The first-order valence-corrected chi connectivity index (χ1v) is 15.0. The summed E-state index contributed by atoms with van der Waals surface area (Å²) in [6, 6.07) is 18.5. The van der Waals surface area contributed by atoms with Gasteiger partial charge in [-0.05, 0) is 73.7 Å². The molecule has 0 atom stereocenters. The highest BCUT2D eigenvalue weighted by Gasteiger charge is 2.18. The third kappa shape index (κ3) is 7.40. The van der Waals surface area contributed by atoms with E-state index >= 15 is 0 Å². The van der Waals surface area contributed by atoms with Crippen LogP contribution in [-0.2, 0) is 4.74 Å². The number of nitrogens with one attached hydrogen (secondary N) is 1. The van der Waals surface area contributed by atoms with Crippen LogP contribution >= 0.6 is 11.3 Å². The fourth-order valence-corrected chi connectivity index (χ4v) is 5.82. The molecule has 7 nitrogen and oxygen atoms in total. The number of nitrogens with zero attached hydrogens (tertiary/aromatic N) is 3. The van der Waals surface area contributed by atoms with Crippen molar-refractivity contribution in [2.75, 3.05) is 56.2 Å². The topological polar surface area (TPSA) is 66.9 Å². The largest absolute Gasteiger partial charge is 0.494 e. The van der Waals surface area contributed by atoms with Gasteiger partial charge in [0, 0.05) is 53.4 Å². The molecule has 4 aromatic rings. The molecule has 206 valence electrons. The van der Waals surface area contributed by atoms with Crippen molar-refractivity contribution in [1.82, 2.24) is 9.88 Å². The first kappa shape index (κ1) is 27.2. The summed E-state index contributed by atoms with van der Waals surface area (Å²) in [5.74, 6) is 1.28. The maximum atomic E-state index is 12.0. The van der Waals surface area contributed by atoms with Gasteiger partial charge in [0.2, 0.25) is 0 Å². The number of pyridine rings is 1. The van der Waals surface area contributed by atoms with Gasteiger partial charge in [0.15, 0.2) is 0 Å². The minimum absolute atomic E-state index is 0.424. The van der Waals surface area contributed by atoms with Crippen LogP contribution in [0, 0.1) is 0 Å². The molecule has 0 saturated carbocycles. The van der Waals surface area contributed by atoms with E-state index in [0.29, 0.717) is 19.0 Å². The van der Waals surface area contributed by atoms with E-state index in [9.17, 15) is 4.79 Å². The molecule has 0 spiro atoms. The van der Waals surface area contributed by atoms with Gasteiger partial charge in [0.25, 0.3) is 0 Å². The van der Waals surface area contributed by atoms with E-state index in [0.717, 1.165) is 81.5 Å². The Morgan fingerprint density at radius 2 is 1.82 bits per heavy atom. The Kier molecular flexibility index (Phi) is 9.51. The summed E-state index contributed by atoms with van der Waals surface area (Å²) in [5, 5.41) is 7.28. The number of hydrogen-bond acceptors (Lipinski definition) is 7. The molecular formula is C31H38N4O3S. The number of unbranched alkanes of at least 4 members (excludes halogenated alkanes) is 3. The molecule has 0 unspecified atom stereocenters. The number of aromatic nitrogens is 1. The second-order valence-electron chi connectivity index (χ2n) is 10.0. The van der Waals surface area contributed by atoms with Crippen LogP contribution in [0.2, 0.25) is 0 Å². The van der Waals surface area contributed by atoms with E-state index in [1.54, 1.807) is 6.07 Å². The van der Waals surface area contributed by atoms with Crippen molar-refractivity contribution >= 4 is 49.9 Å². The smallest absolute Gasteiger partial charge is 0.412 e. The van der Waals surface area contributed by atoms with Crippen molar-refractivity contribution in [1.29, 1.82) is 0 Å². The number of fused-ring (bicyclic) bond motifs is 2. The Morgan fingerprint density at radius 1 is 0.974 bits per heavy atom. The van der Waals surface area contributed by atoms with Crippen molar-refractivity contribution in [2.24, 2.45) is 0 Å². The lowest BCUT2D eigenvalue weighted by atomic mass is 10.2. The van der Waals surface area contributed by atoms with Crippen LogP contribution in [0.4, 0.5) is 16.3 Å². The molecule has 0 radical (unpaired) electrons. The number of carbonyl (C=O) groups excluding carboxylic acids is 1. The molecule has 1 amide bonds. The maximum absolute atomic E-state index is 12.0. The van der Waals surface area contributed by atoms with E-state index < -0.39 is 6.09 Å². The molecule has 1 aliphatic rings. The number of ether oxygens (including phenoxy) is 2. The zero-order chi connectivity index (χ0) is 26.9. The Labute approximate surface area is 234 Å². The number of thiophene rings is 1. The van der Waals surface area contributed by atoms with Crippen molar-refractivity contribution in [3.05, 3.63) is 60.0 Å². The normalized spacial score (nSPS) is 14.1. The standard InChI is InChI=1S/C31H38N4O3S/c1-2-3-5-21-38-31(36)33-30-13-11-24-10-12-25(23-27(24)32-30)37-20-6-4-15-34-16-18-35(19-17-34)28-8-7-9-29-26(28)14-22-39-29/h7-14,22-23H,2-6,15-21H2,1H3,(H,32,33,36). The summed E-state index contributed by atoms with van der Waals surface area (Å²) in [5.41, 5.74) is 2.16. The van der Waals surface area contributed by atoms with Gasteiger partial charge in [-0.3, -0.25) is 10.2 Å². The van der Waals surface area contributed by atoms with Crippen molar-refractivity contribution < 1.29 is 14.3 Å². The van der Waals surface area contributed by atoms with Gasteiger partial charge >= 0.3 is 6.09 Å². The number of piperazine rings is 1. The molecule has 2 aromatic heterocycles. The highest BCUT2D eigenvalue weighted by atomic mass is 32.1. The van der Waals surface area contributed by atoms with Crippen LogP contribution < -0.4 is 15.0 Å². The fourth-order valence-electron chi connectivity index (χ4n) is 5.01. The average molecular weight is 547 g/mol. The Bertz CT molecular complexity index is 1370. The maximum Gasteiger partial charge on any atom is 0.412 e. The lowest BCUT2D eigenvalue weighted by Crippen LogP contribution is -2.46. The molecule has 39 heavy (non-hydrogen) atoms. The van der Waals surface area contributed by atoms with Crippen LogP contribution in [0.25, 0.3) is 21.0 Å². The third-order valence-corrected chi connectivity index (χ3v) is 8.08. The SMILES string of the molecule is CCCCCOC(=O)Nc1ccc2ccc(OCCCCN3CCN(c4cccc5sccc45)CC3)cc2n1. The summed E-state index contributed by atoms with van der Waals surface area (Å²) in [7, 11) is 0. The first-order valence-electron chi connectivity index (χ1n) is 14.1. The van der Waals surface area contributed by atoms with Crippen LogP contribution in [0.1, 0.15) is 39.0 Å². The molecule has 1 saturated heterocycles. The fraction of sp³-hybridized carbons (Fsp3) is 0.419. The summed E-state index contributed by atoms with van der Waals surface area (Å²) in [4.78, 5) is 21.7. The molecule has 2 aromatic carbocycles. The summed E-state index contributed by atoms with van der Waals surface area (Å²) in [6.07, 6.45) is 4.67. The second kappa shape index (κ2) is 13.6. The number of benzene rings is 2. The Balaban J connectivity index is 1.02. The predicted octanol–water partition coefficient (Wildman–Crippen LogP) is 7.17. The van der Waals surface area contributed by atoms with Gasteiger partial charge in [-0.15, -0.1) is 11.3 Å². The highest BCUT2D eigenvalue weighted by molar-refractivity contribution is 7.17. The van der Waals surface area contributed by atoms with E-state index in [-0.39, 0.29) is 0 Å². The van der Waals surface area contributed by atoms with E-state index in [4.69, 9.17) is 9.47 Å². The van der Waals surface area contributed by atoms with Crippen molar-refractivity contribution in [3.63, 3.8) is 0 Å². The van der Waals surface area contributed by atoms with Crippen LogP contribution in [-0.4, -0.2) is 61.9 Å². The number of carbonyl (C=O) groups is 1. The number of anilines is 2. The molecule has 8 heteroatoms. The highest BCUT2D eigenvalue weighted by Crippen LogP contribution is 2.31. The number of amides is 1. The molecule has 1 fully saturated rings. The third-order valence-electron chi connectivity index (χ3n) is 7.20. The first-order chi connectivity index (χ1) is 19.2. The van der Waals surface area contributed by atoms with Gasteiger partial charge in [-0.1, -0.05) is 25.8 Å². The summed E-state index contributed by atoms with van der Waals surface area (Å²) >= 11 is 1.81. The minimum atomic E-state index is -0.466. The number of hydrogen-bond donors (Lipinski definition) is 1. The molecular weight excluding hydrogens is 508 g/mol. The van der Waals surface area contributed by atoms with Gasteiger partial charge in [-0.2, -0.15) is 0 Å². The van der Waals surface area contributed by atoms with Crippen LogP contribution in [0.3, 0.4) is 0 Å². The van der Waals surface area contributed by atoms with Gasteiger partial charge in [-0.25, -0.2) is 9.78 Å². The van der Waals surface area contributed by atoms with E-state index in [2.05, 4.69) is 56.7 Å². The molecule has 5 rings (SSSR count). The van der Waals surface area contributed by atoms with Gasteiger partial charge in [0.1, 0.15) is 11.6 Å². The van der Waals surface area contributed by atoms with Crippen molar-refractivity contribution in [3.8, 4) is 5.75 Å². The predicted molar refractivity (Wildman–Crippen MR) is 161 cm³/mol. The average Bonchev–Trinajstić information content (AvgIpc) is 3.45. The molecule has 0 bridgehead atoms. The Morgan fingerprint density at radius 3 is 2.69 bits per heavy atom. The van der Waals surface area contributed by atoms with Crippen molar-refractivity contribution in [2.45, 2.75) is 39.0 Å². The summed E-state index contributed by atoms with van der Waals surface area (Å²) < 4.78 is 12.6. The van der Waals surface area contributed by atoms with Crippen LogP contribution in [0.15, 0.2) is 60.0 Å². The quantitative estimate of drug-likeness (QED) is 0.190. The van der Waals surface area contributed by atoms with E-state index in [1.165, 1.54) is 15.8 Å². The van der Waals surface area contributed by atoms with Gasteiger partial charge < -0.3 is 14.4 Å². The lowest BCUT2D eigenvalue weighted by molar-refractivity contribution is 0.159. The molecule has 1 N–H and O–H groups in total. The zero-order valence-electron chi connectivity index (χ0n) is 22.7. The van der Waals surface area contributed by atoms with Crippen LogP contribution in [0.5, 0.6) is 5.75 Å². The lowest BCUT2D eigenvalue weighted by Gasteiger charge is -2.36. The molecule has 1 aliphatic heterocycles. The molecule has 0 aliphatic carbocycles. The van der Waals surface area contributed by atoms with Gasteiger partial charge in [0.05, 0.1) is 18.7 Å². The minimum Gasteiger partial charge on any atom is -0.494 e.